The molecule has 7 nitrogen and oxygen atoms in total. The van der Waals surface area contributed by atoms with Crippen LogP contribution in [0, 0.1) is 0 Å². The summed E-state index contributed by atoms with van der Waals surface area (Å²) in [5, 5.41) is 15.7. The van der Waals surface area contributed by atoms with Crippen LogP contribution in [-0.4, -0.2) is 64.9 Å². The minimum Gasteiger partial charge on any atom is -0.444 e. The molecule has 0 bridgehead atoms. The van der Waals surface area contributed by atoms with E-state index in [1.807, 2.05) is 50.4 Å². The number of carbonyl (C=O) groups is 2. The van der Waals surface area contributed by atoms with Crippen LogP contribution in [0.25, 0.3) is 10.1 Å². The van der Waals surface area contributed by atoms with E-state index in [4.69, 9.17) is 4.74 Å². The average molecular weight is 391 g/mol. The third-order valence-corrected chi connectivity index (χ3v) is 5.21. The largest absolute Gasteiger partial charge is 0.444 e. The first-order chi connectivity index (χ1) is 12.8. The van der Waals surface area contributed by atoms with E-state index in [0.29, 0.717) is 18.8 Å². The zero-order chi connectivity index (χ0) is 19.6. The fourth-order valence-corrected chi connectivity index (χ4v) is 3.78. The Labute approximate surface area is 162 Å². The molecule has 1 aliphatic heterocycles. The lowest BCUT2D eigenvalue weighted by Gasteiger charge is -2.40. The lowest BCUT2D eigenvalue weighted by atomic mass is 10.2. The number of ether oxygens (including phenoxy) is 1. The van der Waals surface area contributed by atoms with Gasteiger partial charge in [0, 0.05) is 30.0 Å². The van der Waals surface area contributed by atoms with Gasteiger partial charge in [-0.3, -0.25) is 0 Å². The van der Waals surface area contributed by atoms with Crippen molar-refractivity contribution in [2.24, 2.45) is 0 Å². The second-order valence-corrected chi connectivity index (χ2v) is 8.51. The summed E-state index contributed by atoms with van der Waals surface area (Å²) in [5.74, 6) is 0. The van der Waals surface area contributed by atoms with E-state index >= 15 is 0 Å². The standard InChI is InChI=1S/C19H25N3O4S/c1-19(2,3)26-18(25)21-7-8-22(15(11-21)12-23)17(24)20-14-4-5-16-13(10-14)6-9-27-16/h4-6,9-10,15,23H,7-8,11-12H2,1-3H3,(H,20,24). The van der Waals surface area contributed by atoms with Crippen molar-refractivity contribution < 1.29 is 19.4 Å². The van der Waals surface area contributed by atoms with E-state index in [-0.39, 0.29) is 19.2 Å². The Balaban J connectivity index is 1.64. The van der Waals surface area contributed by atoms with Crippen LogP contribution in [-0.2, 0) is 4.74 Å². The Morgan fingerprint density at radius 3 is 2.78 bits per heavy atom. The molecule has 1 aromatic carbocycles. The maximum absolute atomic E-state index is 12.7. The number of anilines is 1. The maximum atomic E-state index is 12.7. The van der Waals surface area contributed by atoms with Gasteiger partial charge >= 0.3 is 12.1 Å². The Bertz CT molecular complexity index is 830. The molecule has 8 heteroatoms. The Kier molecular flexibility index (Phi) is 5.57. The molecule has 0 saturated carbocycles. The Hall–Kier alpha value is -2.32. The van der Waals surface area contributed by atoms with Crippen molar-refractivity contribution in [2.45, 2.75) is 32.4 Å². The molecule has 27 heavy (non-hydrogen) atoms. The van der Waals surface area contributed by atoms with Crippen LogP contribution in [0.3, 0.4) is 0 Å². The second-order valence-electron chi connectivity index (χ2n) is 7.56. The summed E-state index contributed by atoms with van der Waals surface area (Å²) in [7, 11) is 0. The van der Waals surface area contributed by atoms with E-state index in [1.165, 1.54) is 4.90 Å². The summed E-state index contributed by atoms with van der Waals surface area (Å²) in [4.78, 5) is 28.0. The molecule has 1 unspecified atom stereocenters. The van der Waals surface area contributed by atoms with Crippen LogP contribution in [0.5, 0.6) is 0 Å². The molecule has 1 aliphatic rings. The summed E-state index contributed by atoms with van der Waals surface area (Å²) in [6.07, 6.45) is -0.427. The average Bonchev–Trinajstić information content (AvgIpc) is 3.07. The lowest BCUT2D eigenvalue weighted by Crippen LogP contribution is -2.59. The maximum Gasteiger partial charge on any atom is 0.410 e. The van der Waals surface area contributed by atoms with Crippen molar-refractivity contribution >= 4 is 39.2 Å². The van der Waals surface area contributed by atoms with Gasteiger partial charge in [-0.25, -0.2) is 9.59 Å². The van der Waals surface area contributed by atoms with Gasteiger partial charge in [-0.1, -0.05) is 0 Å². The number of benzene rings is 1. The van der Waals surface area contributed by atoms with Gasteiger partial charge in [-0.2, -0.15) is 0 Å². The number of nitrogens with one attached hydrogen (secondary N) is 1. The molecule has 0 radical (unpaired) electrons. The SMILES string of the molecule is CC(C)(C)OC(=O)N1CCN(C(=O)Nc2ccc3sccc3c2)C(CO)C1. The number of fused-ring (bicyclic) bond motifs is 1. The third kappa shape index (κ3) is 4.70. The van der Waals surface area contributed by atoms with Gasteiger partial charge in [0.05, 0.1) is 12.6 Å². The molecule has 0 spiro atoms. The third-order valence-electron chi connectivity index (χ3n) is 4.31. The molecule has 1 saturated heterocycles. The number of aliphatic hydroxyl groups excluding tert-OH is 1. The van der Waals surface area contributed by atoms with E-state index in [9.17, 15) is 14.7 Å². The quantitative estimate of drug-likeness (QED) is 0.823. The van der Waals surface area contributed by atoms with Crippen LogP contribution < -0.4 is 5.32 Å². The predicted octanol–water partition coefficient (Wildman–Crippen LogP) is 3.35. The number of thiophene rings is 1. The fourth-order valence-electron chi connectivity index (χ4n) is 3.01. The summed E-state index contributed by atoms with van der Waals surface area (Å²) in [6.45, 7) is 6.13. The predicted molar refractivity (Wildman–Crippen MR) is 106 cm³/mol. The molecule has 3 rings (SSSR count). The summed E-state index contributed by atoms with van der Waals surface area (Å²) < 4.78 is 6.54. The first-order valence-electron chi connectivity index (χ1n) is 8.90. The number of carbonyl (C=O) groups excluding carboxylic acids is 2. The second kappa shape index (κ2) is 7.74. The number of aliphatic hydroxyl groups is 1. The van der Waals surface area contributed by atoms with E-state index in [1.54, 1.807) is 16.2 Å². The van der Waals surface area contributed by atoms with Crippen molar-refractivity contribution in [2.75, 3.05) is 31.6 Å². The Morgan fingerprint density at radius 1 is 1.30 bits per heavy atom. The van der Waals surface area contributed by atoms with Gasteiger partial charge in [-0.15, -0.1) is 11.3 Å². The molecule has 1 atom stereocenters. The van der Waals surface area contributed by atoms with Crippen molar-refractivity contribution in [3.63, 3.8) is 0 Å². The number of piperazine rings is 1. The van der Waals surface area contributed by atoms with Gasteiger partial charge in [-0.05, 0) is 55.8 Å². The number of hydrogen-bond acceptors (Lipinski definition) is 5. The van der Waals surface area contributed by atoms with Gasteiger partial charge < -0.3 is 25.0 Å². The molecule has 1 aromatic heterocycles. The summed E-state index contributed by atoms with van der Waals surface area (Å²) in [5.41, 5.74) is 0.123. The van der Waals surface area contributed by atoms with Crippen LogP contribution in [0.4, 0.5) is 15.3 Å². The van der Waals surface area contributed by atoms with E-state index in [2.05, 4.69) is 5.32 Å². The van der Waals surface area contributed by atoms with E-state index in [0.717, 1.165) is 10.1 Å². The number of nitrogens with zero attached hydrogens (tertiary/aromatic N) is 2. The highest BCUT2D eigenvalue weighted by Crippen LogP contribution is 2.24. The first kappa shape index (κ1) is 19.4. The molecule has 2 aromatic rings. The first-order valence-corrected chi connectivity index (χ1v) is 9.78. The molecular weight excluding hydrogens is 366 g/mol. The molecule has 2 heterocycles. The monoisotopic (exact) mass is 391 g/mol. The fraction of sp³-hybridized carbons (Fsp3) is 0.474. The lowest BCUT2D eigenvalue weighted by molar-refractivity contribution is 0.00416. The molecule has 0 aliphatic carbocycles. The van der Waals surface area contributed by atoms with Crippen molar-refractivity contribution in [1.82, 2.24) is 9.80 Å². The van der Waals surface area contributed by atoms with Crippen molar-refractivity contribution in [3.8, 4) is 0 Å². The highest BCUT2D eigenvalue weighted by atomic mass is 32.1. The van der Waals surface area contributed by atoms with Crippen LogP contribution in [0.15, 0.2) is 29.6 Å². The van der Waals surface area contributed by atoms with Crippen LogP contribution >= 0.6 is 11.3 Å². The number of hydrogen-bond donors (Lipinski definition) is 2. The van der Waals surface area contributed by atoms with Crippen molar-refractivity contribution in [3.05, 3.63) is 29.6 Å². The van der Waals surface area contributed by atoms with Gasteiger partial charge in [0.1, 0.15) is 5.60 Å². The molecule has 146 valence electrons. The Morgan fingerprint density at radius 2 is 2.07 bits per heavy atom. The van der Waals surface area contributed by atoms with Gasteiger partial charge in [0.2, 0.25) is 0 Å². The summed E-state index contributed by atoms with van der Waals surface area (Å²) in [6, 6.07) is 7.00. The topological polar surface area (TPSA) is 82.1 Å². The zero-order valence-electron chi connectivity index (χ0n) is 15.8. The van der Waals surface area contributed by atoms with Crippen LogP contribution in [0.1, 0.15) is 20.8 Å². The molecule has 1 fully saturated rings. The number of rotatable bonds is 2. The molecule has 2 N–H and O–H groups in total. The van der Waals surface area contributed by atoms with E-state index < -0.39 is 17.7 Å². The van der Waals surface area contributed by atoms with Crippen molar-refractivity contribution in [1.29, 1.82) is 0 Å². The van der Waals surface area contributed by atoms with Gasteiger partial charge in [0.25, 0.3) is 0 Å². The smallest absolute Gasteiger partial charge is 0.410 e. The number of amides is 3. The van der Waals surface area contributed by atoms with Gasteiger partial charge in [0.15, 0.2) is 0 Å². The number of urea groups is 1. The molecule has 3 amide bonds. The normalized spacial score (nSPS) is 17.9. The summed E-state index contributed by atoms with van der Waals surface area (Å²) >= 11 is 1.65. The zero-order valence-corrected chi connectivity index (χ0v) is 16.6. The minimum absolute atomic E-state index is 0.226. The minimum atomic E-state index is -0.583. The highest BCUT2D eigenvalue weighted by molar-refractivity contribution is 7.17. The molecular formula is C19H25N3O4S. The highest BCUT2D eigenvalue weighted by Gasteiger charge is 2.34. The van der Waals surface area contributed by atoms with Crippen LogP contribution in [0.2, 0.25) is 0 Å².